The second-order valence-corrected chi connectivity index (χ2v) is 5.51. The van der Waals surface area contributed by atoms with Crippen molar-refractivity contribution < 1.29 is 79.8 Å². The number of hydrogen-bond acceptors (Lipinski definition) is 7. The molecular formula is C21H24KNO6. The molecule has 2 aromatic rings. The van der Waals surface area contributed by atoms with Crippen LogP contribution < -0.4 is 70.3 Å². The average molecular weight is 426 g/mol. The number of ether oxygens (including phenoxy) is 6. The SMILES string of the molecule is [C-]#N.[K+].c1ccc2c(c1)OCCOCCOc1ccccc1OCCOCCO2. The van der Waals surface area contributed by atoms with E-state index in [9.17, 15) is 0 Å². The molecule has 1 aliphatic rings. The first-order chi connectivity index (χ1) is 13.9. The van der Waals surface area contributed by atoms with Crippen LogP contribution >= 0.6 is 0 Å². The first kappa shape index (κ1) is 25.7. The Bertz CT molecular complexity index is 601. The van der Waals surface area contributed by atoms with Crippen LogP contribution in [0.2, 0.25) is 0 Å². The molecule has 2 aromatic carbocycles. The van der Waals surface area contributed by atoms with Gasteiger partial charge in [-0.1, -0.05) is 24.3 Å². The van der Waals surface area contributed by atoms with E-state index in [2.05, 4.69) is 0 Å². The molecule has 0 saturated heterocycles. The van der Waals surface area contributed by atoms with Crippen LogP contribution in [0.25, 0.3) is 0 Å². The molecule has 1 heterocycles. The summed E-state index contributed by atoms with van der Waals surface area (Å²) in [7, 11) is 0. The van der Waals surface area contributed by atoms with Crippen molar-refractivity contribution in [2.75, 3.05) is 52.9 Å². The van der Waals surface area contributed by atoms with E-state index in [0.29, 0.717) is 75.9 Å². The topological polar surface area (TPSA) is 79.2 Å². The zero-order valence-corrected chi connectivity index (χ0v) is 19.8. The van der Waals surface area contributed by atoms with Gasteiger partial charge >= 0.3 is 51.4 Å². The van der Waals surface area contributed by atoms with Crippen molar-refractivity contribution in [3.63, 3.8) is 0 Å². The number of fused-ring (bicyclic) bond motifs is 2. The van der Waals surface area contributed by atoms with Crippen LogP contribution in [0.5, 0.6) is 23.0 Å². The molecule has 0 unspecified atom stereocenters. The van der Waals surface area contributed by atoms with Gasteiger partial charge in [-0.2, -0.15) is 0 Å². The smallest absolute Gasteiger partial charge is 0.512 e. The predicted molar refractivity (Wildman–Crippen MR) is 101 cm³/mol. The average Bonchev–Trinajstić information content (AvgIpc) is 2.75. The second-order valence-electron chi connectivity index (χ2n) is 5.51. The number of benzene rings is 2. The van der Waals surface area contributed by atoms with Gasteiger partial charge in [0.15, 0.2) is 23.0 Å². The van der Waals surface area contributed by atoms with E-state index in [4.69, 9.17) is 40.3 Å². The van der Waals surface area contributed by atoms with Crippen molar-refractivity contribution in [2.24, 2.45) is 0 Å². The van der Waals surface area contributed by atoms with E-state index in [0.717, 1.165) is 0 Å². The molecule has 150 valence electrons. The molecule has 0 radical (unpaired) electrons. The molecule has 0 fully saturated rings. The largest absolute Gasteiger partial charge is 1.00 e. The van der Waals surface area contributed by atoms with E-state index in [-0.39, 0.29) is 51.4 Å². The van der Waals surface area contributed by atoms with Crippen LogP contribution in [0.4, 0.5) is 0 Å². The van der Waals surface area contributed by atoms with Gasteiger partial charge in [-0.15, -0.1) is 0 Å². The van der Waals surface area contributed by atoms with Crippen molar-refractivity contribution in [1.82, 2.24) is 0 Å². The van der Waals surface area contributed by atoms with E-state index in [1.54, 1.807) is 0 Å². The van der Waals surface area contributed by atoms with Crippen LogP contribution in [0.3, 0.4) is 0 Å². The minimum Gasteiger partial charge on any atom is -0.512 e. The molecule has 7 nitrogen and oxygen atoms in total. The maximum atomic E-state index is 6.25. The monoisotopic (exact) mass is 425 g/mol. The van der Waals surface area contributed by atoms with Crippen LogP contribution in [0.15, 0.2) is 48.5 Å². The van der Waals surface area contributed by atoms with Crippen LogP contribution in [-0.2, 0) is 9.47 Å². The van der Waals surface area contributed by atoms with Crippen molar-refractivity contribution in [3.8, 4) is 23.0 Å². The molecule has 0 N–H and O–H groups in total. The Labute approximate surface area is 214 Å². The quantitative estimate of drug-likeness (QED) is 0.436. The Kier molecular flexibility index (Phi) is 14.6. The normalized spacial score (nSPS) is 15.2. The maximum Gasteiger partial charge on any atom is 1.00 e. The fourth-order valence-electron chi connectivity index (χ4n) is 2.42. The van der Waals surface area contributed by atoms with E-state index in [1.807, 2.05) is 48.5 Å². The summed E-state index contributed by atoms with van der Waals surface area (Å²) in [6, 6.07) is 15.2. The van der Waals surface area contributed by atoms with Gasteiger partial charge in [0.05, 0.1) is 26.4 Å². The van der Waals surface area contributed by atoms with Gasteiger partial charge in [0.1, 0.15) is 26.4 Å². The van der Waals surface area contributed by atoms with Crippen molar-refractivity contribution in [2.45, 2.75) is 0 Å². The molecule has 0 aromatic heterocycles. The molecule has 3 rings (SSSR count). The summed E-state index contributed by atoms with van der Waals surface area (Å²) in [4.78, 5) is 0. The summed E-state index contributed by atoms with van der Waals surface area (Å²) < 4.78 is 34.1. The summed E-state index contributed by atoms with van der Waals surface area (Å²) >= 11 is 0. The fraction of sp³-hybridized carbons (Fsp3) is 0.381. The summed E-state index contributed by atoms with van der Waals surface area (Å²) in [5.74, 6) is 2.80. The van der Waals surface area contributed by atoms with E-state index < -0.39 is 0 Å². The maximum absolute atomic E-state index is 6.25. The van der Waals surface area contributed by atoms with Crippen LogP contribution in [-0.4, -0.2) is 52.9 Å². The molecule has 0 atom stereocenters. The Morgan fingerprint density at radius 3 is 0.966 bits per heavy atom. The van der Waals surface area contributed by atoms with Crippen LogP contribution in [0.1, 0.15) is 0 Å². The van der Waals surface area contributed by atoms with Gasteiger partial charge in [-0.05, 0) is 24.3 Å². The third-order valence-electron chi connectivity index (χ3n) is 3.64. The van der Waals surface area contributed by atoms with Crippen LogP contribution in [0, 0.1) is 11.8 Å². The molecule has 29 heavy (non-hydrogen) atoms. The van der Waals surface area contributed by atoms with E-state index in [1.165, 1.54) is 0 Å². The minimum atomic E-state index is 0. The second kappa shape index (κ2) is 16.5. The summed E-state index contributed by atoms with van der Waals surface area (Å²) in [6.45, 7) is 8.40. The van der Waals surface area contributed by atoms with Crippen molar-refractivity contribution in [3.05, 3.63) is 55.1 Å². The molecule has 0 bridgehead atoms. The third-order valence-corrected chi connectivity index (χ3v) is 3.64. The third kappa shape index (κ3) is 9.82. The first-order valence-corrected chi connectivity index (χ1v) is 9.00. The van der Waals surface area contributed by atoms with Gasteiger partial charge in [-0.25, -0.2) is 0 Å². The molecular weight excluding hydrogens is 401 g/mol. The molecule has 8 heteroatoms. The Morgan fingerprint density at radius 1 is 0.483 bits per heavy atom. The van der Waals surface area contributed by atoms with Gasteiger partial charge in [0.25, 0.3) is 0 Å². The Morgan fingerprint density at radius 2 is 0.724 bits per heavy atom. The Hall–Kier alpha value is -1.31. The number of rotatable bonds is 0. The number of nitrogens with zero attached hydrogens (tertiary/aromatic N) is 1. The van der Waals surface area contributed by atoms with Gasteiger partial charge in [-0.3, -0.25) is 0 Å². The zero-order chi connectivity index (χ0) is 19.9. The molecule has 0 aliphatic carbocycles. The molecule has 0 amide bonds. The summed E-state index contributed by atoms with van der Waals surface area (Å²) in [5.41, 5.74) is 0. The standard InChI is InChI=1S/C20H24O6.CN.K/c1-2-6-18-17(5-1)23-13-9-21-11-15-25-19-7-3-4-8-20(19)26-16-12-22-10-14-24-18;1-2;/h1-8H,9-16H2;;/q;-1;+1. The number of hydrogen-bond donors (Lipinski definition) is 0. The Balaban J connectivity index is 0.00000136. The zero-order valence-electron chi connectivity index (χ0n) is 16.7. The minimum absolute atomic E-state index is 0. The predicted octanol–water partition coefficient (Wildman–Crippen LogP) is 0.0492. The number of para-hydroxylation sites is 4. The van der Waals surface area contributed by atoms with Gasteiger partial charge in [0, 0.05) is 0 Å². The van der Waals surface area contributed by atoms with Gasteiger partial charge < -0.3 is 40.3 Å². The van der Waals surface area contributed by atoms with Crippen molar-refractivity contribution >= 4 is 0 Å². The van der Waals surface area contributed by atoms with E-state index >= 15 is 0 Å². The molecule has 1 aliphatic heterocycles. The summed E-state index contributed by atoms with van der Waals surface area (Å²) in [6.07, 6.45) is 0. The summed E-state index contributed by atoms with van der Waals surface area (Å²) in [5, 5.41) is 6.25. The molecule has 0 saturated carbocycles. The van der Waals surface area contributed by atoms with Crippen molar-refractivity contribution in [1.29, 1.82) is 5.26 Å². The molecule has 0 spiro atoms. The first-order valence-electron chi connectivity index (χ1n) is 9.00. The fourth-order valence-corrected chi connectivity index (χ4v) is 2.42. The van der Waals surface area contributed by atoms with Gasteiger partial charge in [0.2, 0.25) is 0 Å².